The van der Waals surface area contributed by atoms with Gasteiger partial charge in [0.15, 0.2) is 13.0 Å². The molecule has 2 aromatic rings. The zero-order valence-corrected chi connectivity index (χ0v) is 17.0. The molecule has 0 amide bonds. The molecule has 3 N–H and O–H groups in total. The maximum atomic E-state index is 6.23. The van der Waals surface area contributed by atoms with Crippen LogP contribution in [-0.4, -0.2) is 35.8 Å². The summed E-state index contributed by atoms with van der Waals surface area (Å²) < 4.78 is 5.83. The van der Waals surface area contributed by atoms with E-state index in [1.807, 2.05) is 32.9 Å². The van der Waals surface area contributed by atoms with Crippen LogP contribution in [0.3, 0.4) is 0 Å². The van der Waals surface area contributed by atoms with Gasteiger partial charge in [-0.2, -0.15) is 5.01 Å². The summed E-state index contributed by atoms with van der Waals surface area (Å²) >= 11 is 0. The molecule has 2 aromatic carbocycles. The average molecular weight is 386 g/mol. The lowest BCUT2D eigenvalue weighted by Crippen LogP contribution is -2.55. The molecule has 3 rings (SSSR count). The Morgan fingerprint density at radius 2 is 1.82 bits per heavy atom. The molecule has 1 aliphatic heterocycles. The number of nitrogens with one attached hydrogen (secondary N) is 1. The molecule has 0 saturated carbocycles. The second-order valence-corrected chi connectivity index (χ2v) is 7.41. The fourth-order valence-corrected chi connectivity index (χ4v) is 3.06. The minimum atomic E-state index is -0.292. The lowest BCUT2D eigenvalue weighted by Gasteiger charge is -2.34. The minimum absolute atomic E-state index is 0.137. The van der Waals surface area contributed by atoms with Gasteiger partial charge in [0.25, 0.3) is 0 Å². The Morgan fingerprint density at radius 1 is 1.11 bits per heavy atom. The Balaban J connectivity index is 1.77. The number of nitrogens with zero attached hydrogens (tertiary/aromatic N) is 2. The maximum absolute atomic E-state index is 6.23. The average Bonchev–Trinajstić information content (AvgIpc) is 2.81. The predicted molar refractivity (Wildman–Crippen MR) is 109 cm³/mol. The largest absolute Gasteiger partial charge is 0.491 e. The Bertz CT molecular complexity index is 767. The summed E-state index contributed by atoms with van der Waals surface area (Å²) in [5, 5.41) is 5.06. The van der Waals surface area contributed by atoms with Crippen LogP contribution in [0.5, 0.6) is 5.75 Å². The Hall–Kier alpha value is -2.16. The van der Waals surface area contributed by atoms with Crippen LogP contribution in [0.2, 0.25) is 0 Å². The summed E-state index contributed by atoms with van der Waals surface area (Å²) in [6, 6.07) is 14.5. The quantitative estimate of drug-likeness (QED) is 0.583. The van der Waals surface area contributed by atoms with E-state index in [4.69, 9.17) is 20.4 Å². The van der Waals surface area contributed by atoms with Crippen molar-refractivity contribution in [2.75, 3.05) is 18.8 Å². The van der Waals surface area contributed by atoms with Crippen LogP contribution in [-0.2, 0) is 16.3 Å². The molecule has 1 saturated heterocycles. The molecule has 0 aromatic heterocycles. The zero-order chi connectivity index (χ0) is 20.1. The van der Waals surface area contributed by atoms with E-state index in [0.29, 0.717) is 13.3 Å². The first-order valence-electron chi connectivity index (χ1n) is 9.51. The molecular weight excluding hydrogens is 356 g/mol. The lowest BCUT2D eigenvalue weighted by atomic mass is 10.1. The van der Waals surface area contributed by atoms with Crippen LogP contribution in [0.25, 0.3) is 0 Å². The Kier molecular flexibility index (Phi) is 6.88. The molecule has 0 bridgehead atoms. The first kappa shape index (κ1) is 20.6. The van der Waals surface area contributed by atoms with Crippen LogP contribution in [0, 0.1) is 13.8 Å². The first-order valence-corrected chi connectivity index (χ1v) is 9.51. The maximum Gasteiger partial charge on any atom is 0.154 e. The Labute approximate surface area is 166 Å². The van der Waals surface area contributed by atoms with Crippen molar-refractivity contribution in [3.8, 4) is 5.75 Å². The molecule has 7 nitrogen and oxygen atoms in total. The highest BCUT2D eigenvalue weighted by Gasteiger charge is 2.27. The number of ether oxygens (including phenoxy) is 1. The van der Waals surface area contributed by atoms with Crippen LogP contribution < -0.4 is 15.9 Å². The van der Waals surface area contributed by atoms with E-state index in [2.05, 4.69) is 47.5 Å². The van der Waals surface area contributed by atoms with Gasteiger partial charge < -0.3 is 10.1 Å². The van der Waals surface area contributed by atoms with Crippen LogP contribution >= 0.6 is 0 Å². The summed E-state index contributed by atoms with van der Waals surface area (Å²) in [5.41, 5.74) is 4.42. The number of anilines is 1. The van der Waals surface area contributed by atoms with Crippen LogP contribution in [0.4, 0.5) is 5.69 Å². The highest BCUT2D eigenvalue weighted by Crippen LogP contribution is 2.25. The fourth-order valence-electron chi connectivity index (χ4n) is 3.06. The predicted octanol–water partition coefficient (Wildman–Crippen LogP) is 3.34. The van der Waals surface area contributed by atoms with Gasteiger partial charge in [-0.25, -0.2) is 14.7 Å². The van der Waals surface area contributed by atoms with Gasteiger partial charge in [-0.1, -0.05) is 29.8 Å². The molecule has 1 heterocycles. The normalized spacial score (nSPS) is 18.9. The second-order valence-electron chi connectivity index (χ2n) is 7.41. The smallest absolute Gasteiger partial charge is 0.154 e. The van der Waals surface area contributed by atoms with E-state index in [0.717, 1.165) is 17.0 Å². The van der Waals surface area contributed by atoms with Crippen molar-refractivity contribution in [2.24, 2.45) is 5.84 Å². The SMILES string of the molecule is Cc1ccc(CN2COOCN(N)C2Nc2ccc(OC(C)C)c(C)c2)cc1. The van der Waals surface area contributed by atoms with E-state index in [1.54, 1.807) is 5.01 Å². The number of aryl methyl sites for hydroxylation is 2. The summed E-state index contributed by atoms with van der Waals surface area (Å²) in [5.74, 6) is 7.11. The molecular formula is C21H30N4O3. The van der Waals surface area contributed by atoms with E-state index in [9.17, 15) is 0 Å². The number of hydrogen-bond donors (Lipinski definition) is 2. The van der Waals surface area contributed by atoms with Crippen molar-refractivity contribution >= 4 is 5.69 Å². The van der Waals surface area contributed by atoms with Gasteiger partial charge in [0.1, 0.15) is 12.5 Å². The van der Waals surface area contributed by atoms with Crippen molar-refractivity contribution in [1.29, 1.82) is 0 Å². The van der Waals surface area contributed by atoms with Crippen molar-refractivity contribution in [3.63, 3.8) is 0 Å². The van der Waals surface area contributed by atoms with Crippen LogP contribution in [0.1, 0.15) is 30.5 Å². The van der Waals surface area contributed by atoms with Crippen molar-refractivity contribution in [1.82, 2.24) is 9.91 Å². The van der Waals surface area contributed by atoms with Gasteiger partial charge in [0, 0.05) is 12.2 Å². The van der Waals surface area contributed by atoms with Gasteiger partial charge in [-0.05, 0) is 57.0 Å². The number of rotatable bonds is 6. The fraction of sp³-hybridized carbons (Fsp3) is 0.429. The van der Waals surface area contributed by atoms with Crippen molar-refractivity contribution < 1.29 is 14.5 Å². The molecule has 1 atom stereocenters. The summed E-state index contributed by atoms with van der Waals surface area (Å²) in [6.07, 6.45) is -0.154. The molecule has 1 unspecified atom stereocenters. The highest BCUT2D eigenvalue weighted by molar-refractivity contribution is 5.51. The summed E-state index contributed by atoms with van der Waals surface area (Å²) in [6.45, 7) is 9.28. The molecule has 7 heteroatoms. The molecule has 0 radical (unpaired) electrons. The topological polar surface area (TPSA) is 72.2 Å². The van der Waals surface area contributed by atoms with Crippen LogP contribution in [0.15, 0.2) is 42.5 Å². The summed E-state index contributed by atoms with van der Waals surface area (Å²) in [4.78, 5) is 12.5. The number of hydrazine groups is 1. The second kappa shape index (κ2) is 9.36. The lowest BCUT2D eigenvalue weighted by molar-refractivity contribution is -0.314. The Morgan fingerprint density at radius 3 is 2.50 bits per heavy atom. The molecule has 152 valence electrons. The van der Waals surface area contributed by atoms with E-state index in [-0.39, 0.29) is 19.1 Å². The molecule has 28 heavy (non-hydrogen) atoms. The molecule has 0 aliphatic carbocycles. The third kappa shape index (κ3) is 5.43. The van der Waals surface area contributed by atoms with E-state index >= 15 is 0 Å². The van der Waals surface area contributed by atoms with Gasteiger partial charge in [0.05, 0.1) is 6.10 Å². The highest BCUT2D eigenvalue weighted by atomic mass is 17.2. The van der Waals surface area contributed by atoms with E-state index in [1.165, 1.54) is 11.1 Å². The molecule has 1 aliphatic rings. The van der Waals surface area contributed by atoms with Crippen molar-refractivity contribution in [3.05, 3.63) is 59.2 Å². The zero-order valence-electron chi connectivity index (χ0n) is 17.0. The van der Waals surface area contributed by atoms with Gasteiger partial charge in [-0.3, -0.25) is 5.84 Å². The molecule has 0 spiro atoms. The standard InChI is InChI=1S/C21H30N4O3/c1-15(2)28-20-10-9-19(11-17(20)4)23-21-24(13-26-27-14-25(21)22)12-18-7-5-16(3)6-8-18/h5-11,15,21,23H,12-14,22H2,1-4H3. The first-order chi connectivity index (χ1) is 13.4. The minimum Gasteiger partial charge on any atom is -0.491 e. The monoisotopic (exact) mass is 386 g/mol. The number of hydrogen-bond acceptors (Lipinski definition) is 7. The number of nitrogens with two attached hydrogens (primary N) is 1. The summed E-state index contributed by atoms with van der Waals surface area (Å²) in [7, 11) is 0. The number of benzene rings is 2. The van der Waals surface area contributed by atoms with Gasteiger partial charge >= 0.3 is 0 Å². The van der Waals surface area contributed by atoms with E-state index < -0.39 is 0 Å². The molecule has 1 fully saturated rings. The van der Waals surface area contributed by atoms with Gasteiger partial charge in [-0.15, -0.1) is 0 Å². The third-order valence-corrected chi connectivity index (χ3v) is 4.50. The van der Waals surface area contributed by atoms with Gasteiger partial charge in [0.2, 0.25) is 0 Å². The third-order valence-electron chi connectivity index (χ3n) is 4.50. The van der Waals surface area contributed by atoms with Crippen molar-refractivity contribution in [2.45, 2.75) is 46.6 Å².